The molecule has 1 aromatic heterocycles. The van der Waals surface area contributed by atoms with Crippen LogP contribution in [-0.4, -0.2) is 4.98 Å². The molecule has 266 valence electrons. The van der Waals surface area contributed by atoms with Crippen LogP contribution in [-0.2, 0) is 5.41 Å². The van der Waals surface area contributed by atoms with Gasteiger partial charge in [0.2, 0.25) is 0 Å². The Hall–Kier alpha value is -7.01. The van der Waals surface area contributed by atoms with Crippen LogP contribution in [0.15, 0.2) is 200 Å². The molecule has 4 nitrogen and oxygen atoms in total. The van der Waals surface area contributed by atoms with Crippen LogP contribution < -0.4 is 15.4 Å². The highest BCUT2D eigenvalue weighted by Gasteiger charge is 2.52. The second kappa shape index (κ2) is 13.1. The van der Waals surface area contributed by atoms with Gasteiger partial charge in [-0.05, 0) is 86.5 Å². The van der Waals surface area contributed by atoms with E-state index in [0.717, 1.165) is 39.6 Å². The molecule has 0 amide bonds. The Morgan fingerprint density at radius 1 is 0.464 bits per heavy atom. The molecule has 56 heavy (non-hydrogen) atoms. The van der Waals surface area contributed by atoms with Gasteiger partial charge in [0.1, 0.15) is 17.7 Å². The predicted octanol–water partition coefficient (Wildman–Crippen LogP) is 11.9. The first-order valence-corrected chi connectivity index (χ1v) is 19.3. The molecule has 0 saturated carbocycles. The average Bonchev–Trinajstić information content (AvgIpc) is 3.57. The number of benzene rings is 7. The third-order valence-corrected chi connectivity index (χ3v) is 11.7. The summed E-state index contributed by atoms with van der Waals surface area (Å²) in [5.41, 5.74) is 15.7. The molecule has 11 rings (SSSR count). The van der Waals surface area contributed by atoms with E-state index < -0.39 is 5.41 Å². The topological polar surface area (TPSA) is 46.2 Å². The zero-order chi connectivity index (χ0) is 37.1. The van der Waals surface area contributed by atoms with E-state index in [-0.39, 0.29) is 12.2 Å². The standard InChI is InChI=1S/C52H37N3O/c1-3-13-35(14-4-1)46-33-47(36-15-5-2-6-16-36)55-51(54-46)37-26-24-34(25-27-37)38-17-11-18-39(31-38)40-28-29-41-42-19-12-30-53-50(42)52(45(41)32-40)43-20-7-9-22-48(43)56-49-23-10-8-21-44(49)52/h1-33,46,51,54-55H. The predicted molar refractivity (Wildman–Crippen MR) is 225 cm³/mol. The van der Waals surface area contributed by atoms with E-state index in [4.69, 9.17) is 9.72 Å². The lowest BCUT2D eigenvalue weighted by Gasteiger charge is -2.38. The van der Waals surface area contributed by atoms with Crippen LogP contribution in [0, 0.1) is 0 Å². The van der Waals surface area contributed by atoms with Gasteiger partial charge in [-0.15, -0.1) is 0 Å². The van der Waals surface area contributed by atoms with E-state index in [2.05, 4.69) is 187 Å². The smallest absolute Gasteiger partial charge is 0.132 e. The lowest BCUT2D eigenvalue weighted by Crippen LogP contribution is -2.39. The van der Waals surface area contributed by atoms with E-state index in [1.807, 2.05) is 24.4 Å². The molecule has 0 saturated heterocycles. The van der Waals surface area contributed by atoms with Crippen molar-refractivity contribution in [1.29, 1.82) is 0 Å². The van der Waals surface area contributed by atoms with Gasteiger partial charge in [-0.2, -0.15) is 0 Å². The van der Waals surface area contributed by atoms with Crippen LogP contribution in [0.5, 0.6) is 11.5 Å². The molecule has 1 aliphatic carbocycles. The quantitative estimate of drug-likeness (QED) is 0.186. The normalized spacial score (nSPS) is 17.0. The van der Waals surface area contributed by atoms with Crippen LogP contribution >= 0.6 is 0 Å². The van der Waals surface area contributed by atoms with Crippen molar-refractivity contribution >= 4 is 5.70 Å². The van der Waals surface area contributed by atoms with Gasteiger partial charge in [0, 0.05) is 28.6 Å². The Balaban J connectivity index is 0.955. The number of hydrogen-bond acceptors (Lipinski definition) is 4. The van der Waals surface area contributed by atoms with E-state index >= 15 is 0 Å². The van der Waals surface area contributed by atoms with Gasteiger partial charge in [0.25, 0.3) is 0 Å². The van der Waals surface area contributed by atoms with Gasteiger partial charge < -0.3 is 10.1 Å². The number of aromatic nitrogens is 1. The van der Waals surface area contributed by atoms with Crippen molar-refractivity contribution in [2.75, 3.05) is 0 Å². The minimum Gasteiger partial charge on any atom is -0.457 e. The maximum absolute atomic E-state index is 6.53. The van der Waals surface area contributed by atoms with Crippen LogP contribution in [0.1, 0.15) is 51.3 Å². The first kappa shape index (κ1) is 32.4. The molecule has 0 bridgehead atoms. The molecule has 2 atom stereocenters. The first-order valence-electron chi connectivity index (χ1n) is 19.3. The fraction of sp³-hybridized carbons (Fsp3) is 0.0577. The van der Waals surface area contributed by atoms with Crippen molar-refractivity contribution in [2.45, 2.75) is 17.6 Å². The van der Waals surface area contributed by atoms with Crippen LogP contribution in [0.4, 0.5) is 0 Å². The molecule has 3 aliphatic rings. The molecule has 2 unspecified atom stereocenters. The second-order valence-electron chi connectivity index (χ2n) is 14.8. The molecular formula is C52H37N3O. The molecule has 7 aromatic carbocycles. The van der Waals surface area contributed by atoms with Crippen molar-refractivity contribution < 1.29 is 4.74 Å². The highest BCUT2D eigenvalue weighted by molar-refractivity contribution is 5.89. The van der Waals surface area contributed by atoms with Gasteiger partial charge in [0.15, 0.2) is 0 Å². The van der Waals surface area contributed by atoms with Gasteiger partial charge in [-0.25, -0.2) is 0 Å². The number of ether oxygens (including phenoxy) is 1. The number of nitrogens with zero attached hydrogens (tertiary/aromatic N) is 1. The zero-order valence-electron chi connectivity index (χ0n) is 30.6. The van der Waals surface area contributed by atoms with Crippen molar-refractivity contribution in [1.82, 2.24) is 15.6 Å². The molecule has 0 fully saturated rings. The lowest BCUT2D eigenvalue weighted by molar-refractivity contribution is 0.434. The summed E-state index contributed by atoms with van der Waals surface area (Å²) in [6, 6.07) is 67.2. The van der Waals surface area contributed by atoms with E-state index in [9.17, 15) is 0 Å². The Bertz CT molecular complexity index is 2750. The molecule has 2 aliphatic heterocycles. The largest absolute Gasteiger partial charge is 0.457 e. The van der Waals surface area contributed by atoms with Crippen molar-refractivity contribution in [3.8, 4) is 44.9 Å². The summed E-state index contributed by atoms with van der Waals surface area (Å²) in [4.78, 5) is 5.12. The molecule has 1 spiro atoms. The van der Waals surface area contributed by atoms with Crippen molar-refractivity contribution in [3.05, 3.63) is 239 Å². The van der Waals surface area contributed by atoms with E-state index in [1.165, 1.54) is 50.1 Å². The Morgan fingerprint density at radius 2 is 1.09 bits per heavy atom. The molecule has 4 heteroatoms. The number of hydrogen-bond donors (Lipinski definition) is 2. The van der Waals surface area contributed by atoms with Gasteiger partial charge in [-0.3, -0.25) is 10.3 Å². The van der Waals surface area contributed by atoms with Crippen molar-refractivity contribution in [3.63, 3.8) is 0 Å². The fourth-order valence-corrected chi connectivity index (χ4v) is 9.07. The highest BCUT2D eigenvalue weighted by Crippen LogP contribution is 2.61. The second-order valence-corrected chi connectivity index (χ2v) is 14.8. The molecule has 2 N–H and O–H groups in total. The zero-order valence-corrected chi connectivity index (χ0v) is 30.6. The SMILES string of the molecule is C1=C(c2ccccc2)NC(c2ccc(-c3cccc(-c4ccc5c(c4)C4(c6ccccc6Oc6ccccc64)c4ncccc4-5)c3)cc2)NC1c1ccccc1. The number of pyridine rings is 1. The highest BCUT2D eigenvalue weighted by atomic mass is 16.5. The van der Waals surface area contributed by atoms with E-state index in [1.54, 1.807) is 0 Å². The maximum Gasteiger partial charge on any atom is 0.132 e. The van der Waals surface area contributed by atoms with E-state index in [0.29, 0.717) is 0 Å². The summed E-state index contributed by atoms with van der Waals surface area (Å²) in [5.74, 6) is 1.74. The van der Waals surface area contributed by atoms with Gasteiger partial charge in [-0.1, -0.05) is 158 Å². The number of nitrogens with one attached hydrogen (secondary N) is 2. The monoisotopic (exact) mass is 719 g/mol. The van der Waals surface area contributed by atoms with Gasteiger partial charge >= 0.3 is 0 Å². The van der Waals surface area contributed by atoms with Crippen LogP contribution in [0.25, 0.3) is 39.1 Å². The summed E-state index contributed by atoms with van der Waals surface area (Å²) in [6.07, 6.45) is 4.15. The first-order chi connectivity index (χ1) is 27.7. The number of rotatable bonds is 5. The Kier molecular flexibility index (Phi) is 7.58. The summed E-state index contributed by atoms with van der Waals surface area (Å²) in [7, 11) is 0. The molecule has 0 radical (unpaired) electrons. The van der Waals surface area contributed by atoms with Crippen LogP contribution in [0.3, 0.4) is 0 Å². The minimum atomic E-state index is -0.600. The summed E-state index contributed by atoms with van der Waals surface area (Å²) >= 11 is 0. The lowest BCUT2D eigenvalue weighted by atomic mass is 9.67. The van der Waals surface area contributed by atoms with Crippen molar-refractivity contribution in [2.24, 2.45) is 0 Å². The van der Waals surface area contributed by atoms with Gasteiger partial charge in [0.05, 0.1) is 17.2 Å². The van der Waals surface area contributed by atoms with Crippen LogP contribution in [0.2, 0.25) is 0 Å². The molecular weight excluding hydrogens is 683 g/mol. The molecule has 8 aromatic rings. The Morgan fingerprint density at radius 3 is 1.84 bits per heavy atom. The summed E-state index contributed by atoms with van der Waals surface area (Å²) in [6.45, 7) is 0. The Labute approximate surface area is 326 Å². The summed E-state index contributed by atoms with van der Waals surface area (Å²) in [5, 5.41) is 7.62. The number of fused-ring (bicyclic) bond motifs is 9. The minimum absolute atomic E-state index is 0.0569. The maximum atomic E-state index is 6.53. The average molecular weight is 720 g/mol. The fourth-order valence-electron chi connectivity index (χ4n) is 9.07. The number of para-hydroxylation sites is 2. The summed E-state index contributed by atoms with van der Waals surface area (Å²) < 4.78 is 6.53. The third-order valence-electron chi connectivity index (χ3n) is 11.7. The third kappa shape index (κ3) is 5.14. The molecule has 3 heterocycles.